The third-order valence-corrected chi connectivity index (χ3v) is 4.76. The van der Waals surface area contributed by atoms with Gasteiger partial charge in [0.05, 0.1) is 12.0 Å². The summed E-state index contributed by atoms with van der Waals surface area (Å²) in [5.74, 6) is 6.45. The van der Waals surface area contributed by atoms with Crippen molar-refractivity contribution in [3.05, 3.63) is 70.2 Å². The highest BCUT2D eigenvalue weighted by atomic mass is 79.9. The molecule has 0 aliphatic rings. The monoisotopic (exact) mass is 430 g/mol. The molecule has 9 heteroatoms. The van der Waals surface area contributed by atoms with E-state index in [1.807, 2.05) is 42.5 Å². The molecular weight excluding hydrogens is 416 g/mol. The predicted molar refractivity (Wildman–Crippen MR) is 107 cm³/mol. The van der Waals surface area contributed by atoms with E-state index in [1.54, 1.807) is 18.3 Å². The van der Waals surface area contributed by atoms with Crippen LogP contribution in [0.3, 0.4) is 0 Å². The van der Waals surface area contributed by atoms with Crippen molar-refractivity contribution in [1.29, 1.82) is 0 Å². The second-order valence-electron chi connectivity index (χ2n) is 5.18. The Labute approximate surface area is 162 Å². The smallest absolute Gasteiger partial charge is 0.264 e. The Morgan fingerprint density at radius 3 is 2.81 bits per heavy atom. The maximum Gasteiger partial charge on any atom is 0.264 e. The summed E-state index contributed by atoms with van der Waals surface area (Å²) in [6.45, 7) is 0. The number of carbonyl (C=O) groups is 1. The summed E-state index contributed by atoms with van der Waals surface area (Å²) in [5.41, 5.74) is 4.31. The van der Waals surface area contributed by atoms with Crippen LogP contribution in [-0.2, 0) is 0 Å². The van der Waals surface area contributed by atoms with Crippen molar-refractivity contribution in [2.24, 2.45) is 5.10 Å². The number of Topliss-reactive ketones (excluding diaryl/α,β-unsaturated/α-hetero) is 1. The van der Waals surface area contributed by atoms with Crippen molar-refractivity contribution in [2.75, 3.05) is 17.0 Å². The average molecular weight is 431 g/mol. The van der Waals surface area contributed by atoms with E-state index in [-0.39, 0.29) is 17.5 Å². The Kier molecular flexibility index (Phi) is 6.03. The highest BCUT2D eigenvalue weighted by Gasteiger charge is 2.12. The molecule has 0 fully saturated rings. The standard InChI is InChI=1S/C17H15BrN6OS/c18-14-8-4-5-12(9-14)10-20-21-16-22-23-17(24(16)19)26-11-15(25)13-6-2-1-3-7-13/h1-10H,11,19H2,(H,21,22)/b20-10+. The molecule has 3 rings (SSSR count). The highest BCUT2D eigenvalue weighted by Crippen LogP contribution is 2.18. The summed E-state index contributed by atoms with van der Waals surface area (Å²) >= 11 is 4.62. The SMILES string of the molecule is Nn1c(N/N=C/c2cccc(Br)c2)nnc1SCC(=O)c1ccccc1. The van der Waals surface area contributed by atoms with E-state index in [9.17, 15) is 4.79 Å². The van der Waals surface area contributed by atoms with Gasteiger partial charge in [-0.05, 0) is 17.7 Å². The molecular formula is C17H15BrN6OS. The third kappa shape index (κ3) is 4.70. The zero-order valence-electron chi connectivity index (χ0n) is 13.5. The van der Waals surface area contributed by atoms with Gasteiger partial charge in [0, 0.05) is 10.0 Å². The molecule has 1 aromatic heterocycles. The molecule has 0 saturated heterocycles. The molecule has 3 N–H and O–H groups in total. The first-order valence-corrected chi connectivity index (χ1v) is 9.37. The van der Waals surface area contributed by atoms with Gasteiger partial charge in [-0.2, -0.15) is 5.10 Å². The summed E-state index contributed by atoms with van der Waals surface area (Å²) in [7, 11) is 0. The third-order valence-electron chi connectivity index (χ3n) is 3.32. The van der Waals surface area contributed by atoms with Crippen molar-refractivity contribution in [1.82, 2.24) is 14.9 Å². The number of ketones is 1. The number of nitrogens with two attached hydrogens (primary N) is 1. The first-order valence-electron chi connectivity index (χ1n) is 7.59. The number of rotatable bonds is 7. The average Bonchev–Trinajstić information content (AvgIpc) is 3.00. The minimum Gasteiger partial charge on any atom is -0.334 e. The van der Waals surface area contributed by atoms with Crippen molar-refractivity contribution < 1.29 is 4.79 Å². The molecule has 1 heterocycles. The number of nitrogens with one attached hydrogen (secondary N) is 1. The number of thioether (sulfide) groups is 1. The molecule has 0 aliphatic carbocycles. The molecule has 0 unspecified atom stereocenters. The number of hydrazone groups is 1. The topological polar surface area (TPSA) is 98.2 Å². The van der Waals surface area contributed by atoms with Crippen LogP contribution in [0.15, 0.2) is 69.3 Å². The minimum absolute atomic E-state index is 0.000726. The van der Waals surface area contributed by atoms with Gasteiger partial charge >= 0.3 is 0 Å². The van der Waals surface area contributed by atoms with Crippen molar-refractivity contribution in [2.45, 2.75) is 5.16 Å². The first kappa shape index (κ1) is 18.2. The van der Waals surface area contributed by atoms with Gasteiger partial charge < -0.3 is 5.84 Å². The Morgan fingerprint density at radius 2 is 2.04 bits per heavy atom. The lowest BCUT2D eigenvalue weighted by Crippen LogP contribution is -2.14. The number of benzene rings is 2. The number of hydrogen-bond acceptors (Lipinski definition) is 7. The number of anilines is 1. The number of nitrogen functional groups attached to an aromatic ring is 1. The summed E-state index contributed by atoms with van der Waals surface area (Å²) < 4.78 is 2.23. The van der Waals surface area contributed by atoms with Crippen molar-refractivity contribution in [3.63, 3.8) is 0 Å². The van der Waals surface area contributed by atoms with Crippen LogP contribution < -0.4 is 11.3 Å². The van der Waals surface area contributed by atoms with Crippen LogP contribution in [0.5, 0.6) is 0 Å². The van der Waals surface area contributed by atoms with E-state index in [0.29, 0.717) is 10.7 Å². The molecule has 3 aromatic rings. The Morgan fingerprint density at radius 1 is 1.23 bits per heavy atom. The van der Waals surface area contributed by atoms with Gasteiger partial charge in [0.15, 0.2) is 5.78 Å². The number of carbonyl (C=O) groups excluding carboxylic acids is 1. The largest absolute Gasteiger partial charge is 0.334 e. The molecule has 0 aliphatic heterocycles. The summed E-state index contributed by atoms with van der Waals surface area (Å²) in [4.78, 5) is 12.1. The fraction of sp³-hybridized carbons (Fsp3) is 0.0588. The Balaban J connectivity index is 1.58. The fourth-order valence-electron chi connectivity index (χ4n) is 2.04. The van der Waals surface area contributed by atoms with Crippen LogP contribution in [0.25, 0.3) is 0 Å². The van der Waals surface area contributed by atoms with Crippen LogP contribution in [0.2, 0.25) is 0 Å². The normalized spacial score (nSPS) is 11.0. The van der Waals surface area contributed by atoms with Gasteiger partial charge in [0.1, 0.15) is 0 Å². The molecule has 0 spiro atoms. The van der Waals surface area contributed by atoms with Gasteiger partial charge in [-0.25, -0.2) is 10.1 Å². The molecule has 0 amide bonds. The summed E-state index contributed by atoms with van der Waals surface area (Å²) in [6, 6.07) is 16.8. The molecule has 2 aromatic carbocycles. The predicted octanol–water partition coefficient (Wildman–Crippen LogP) is 3.18. The lowest BCUT2D eigenvalue weighted by atomic mass is 10.2. The van der Waals surface area contributed by atoms with E-state index in [2.05, 4.69) is 36.7 Å². The van der Waals surface area contributed by atoms with E-state index in [1.165, 1.54) is 16.4 Å². The quantitative estimate of drug-likeness (QED) is 0.196. The van der Waals surface area contributed by atoms with E-state index in [0.717, 1.165) is 10.0 Å². The lowest BCUT2D eigenvalue weighted by molar-refractivity contribution is 0.102. The van der Waals surface area contributed by atoms with Crippen LogP contribution in [0.1, 0.15) is 15.9 Å². The Bertz CT molecular complexity index is 928. The van der Waals surface area contributed by atoms with Crippen LogP contribution in [-0.4, -0.2) is 32.6 Å². The van der Waals surface area contributed by atoms with Gasteiger partial charge in [-0.15, -0.1) is 10.2 Å². The second kappa shape index (κ2) is 8.63. The van der Waals surface area contributed by atoms with Gasteiger partial charge in [0.25, 0.3) is 5.95 Å². The minimum atomic E-state index is 0.000726. The molecule has 0 radical (unpaired) electrons. The highest BCUT2D eigenvalue weighted by molar-refractivity contribution is 9.10. The summed E-state index contributed by atoms with van der Waals surface area (Å²) in [6.07, 6.45) is 1.64. The van der Waals surface area contributed by atoms with Crippen LogP contribution in [0, 0.1) is 0 Å². The molecule has 7 nitrogen and oxygen atoms in total. The maximum atomic E-state index is 12.1. The summed E-state index contributed by atoms with van der Waals surface area (Å²) in [5, 5.41) is 12.4. The zero-order chi connectivity index (χ0) is 18.4. The molecule has 0 saturated carbocycles. The number of aromatic nitrogens is 3. The molecule has 0 bridgehead atoms. The lowest BCUT2D eigenvalue weighted by Gasteiger charge is -2.03. The zero-order valence-corrected chi connectivity index (χ0v) is 15.9. The fourth-order valence-corrected chi connectivity index (χ4v) is 3.21. The van der Waals surface area contributed by atoms with Crippen molar-refractivity contribution in [3.8, 4) is 0 Å². The van der Waals surface area contributed by atoms with Crippen LogP contribution in [0.4, 0.5) is 5.95 Å². The first-order chi connectivity index (χ1) is 12.6. The Hall–Kier alpha value is -2.65. The maximum absolute atomic E-state index is 12.1. The number of halogens is 1. The van der Waals surface area contributed by atoms with E-state index in [4.69, 9.17) is 5.84 Å². The molecule has 132 valence electrons. The van der Waals surface area contributed by atoms with Crippen molar-refractivity contribution >= 4 is 45.6 Å². The second-order valence-corrected chi connectivity index (χ2v) is 7.04. The number of nitrogens with zero attached hydrogens (tertiary/aromatic N) is 4. The van der Waals surface area contributed by atoms with E-state index < -0.39 is 0 Å². The molecule has 26 heavy (non-hydrogen) atoms. The van der Waals surface area contributed by atoms with E-state index >= 15 is 0 Å². The van der Waals surface area contributed by atoms with Gasteiger partial charge in [-0.1, -0.05) is 70.2 Å². The van der Waals surface area contributed by atoms with Crippen LogP contribution >= 0.6 is 27.7 Å². The van der Waals surface area contributed by atoms with Gasteiger partial charge in [0.2, 0.25) is 5.16 Å². The number of hydrogen-bond donors (Lipinski definition) is 2. The molecule has 0 atom stereocenters. The van der Waals surface area contributed by atoms with Gasteiger partial charge in [-0.3, -0.25) is 4.79 Å².